The van der Waals surface area contributed by atoms with Crippen molar-refractivity contribution >= 4 is 32.6 Å². The van der Waals surface area contributed by atoms with Crippen molar-refractivity contribution in [3.8, 4) is 5.75 Å². The highest BCUT2D eigenvalue weighted by atomic mass is 79.9. The molecule has 0 N–H and O–H groups in total. The summed E-state index contributed by atoms with van der Waals surface area (Å²) in [5.41, 5.74) is 1.64. The van der Waals surface area contributed by atoms with E-state index in [1.807, 2.05) is 56.3 Å². The van der Waals surface area contributed by atoms with Gasteiger partial charge in [-0.05, 0) is 55.0 Å². The number of carbonyl (C=O) groups is 1. The third-order valence-electron chi connectivity index (χ3n) is 3.38. The number of ether oxygens (including phenoxy) is 1. The first kappa shape index (κ1) is 14.8. The molecule has 0 radical (unpaired) electrons. The third kappa shape index (κ3) is 3.04. The van der Waals surface area contributed by atoms with Gasteiger partial charge in [-0.15, -0.1) is 0 Å². The van der Waals surface area contributed by atoms with Gasteiger partial charge in [-0.25, -0.2) is 4.68 Å². The Morgan fingerprint density at radius 1 is 1.14 bits per heavy atom. The van der Waals surface area contributed by atoms with E-state index in [0.29, 0.717) is 5.75 Å². The molecule has 0 saturated heterocycles. The lowest BCUT2D eigenvalue weighted by Gasteiger charge is -2.08. The minimum Gasteiger partial charge on any atom is -0.484 e. The quantitative estimate of drug-likeness (QED) is 0.706. The van der Waals surface area contributed by atoms with Gasteiger partial charge in [0.2, 0.25) is 0 Å². The number of nitrogens with zero attached hydrogens (tertiary/aromatic N) is 2. The maximum atomic E-state index is 12.1. The molecule has 0 aliphatic carbocycles. The average molecular weight is 359 g/mol. The number of carbonyl (C=O) groups excluding carboxylic acids is 1. The third-order valence-corrected chi connectivity index (χ3v) is 3.88. The van der Waals surface area contributed by atoms with E-state index < -0.39 is 0 Å². The molecule has 1 heterocycles. The highest BCUT2D eigenvalue weighted by Gasteiger charge is 2.11. The first-order valence-corrected chi connectivity index (χ1v) is 7.71. The Balaban J connectivity index is 1.75. The normalized spacial score (nSPS) is 10.9. The van der Waals surface area contributed by atoms with Gasteiger partial charge in [0.05, 0.1) is 5.69 Å². The molecular formula is C17H15BrN2O2. The van der Waals surface area contributed by atoms with Gasteiger partial charge in [0.1, 0.15) is 5.75 Å². The van der Waals surface area contributed by atoms with E-state index in [-0.39, 0.29) is 12.5 Å². The molecule has 0 aliphatic heterocycles. The Morgan fingerprint density at radius 2 is 1.86 bits per heavy atom. The molecule has 0 fully saturated rings. The fourth-order valence-electron chi connectivity index (χ4n) is 2.37. The van der Waals surface area contributed by atoms with Gasteiger partial charge < -0.3 is 4.74 Å². The minimum atomic E-state index is -0.179. The molecule has 0 aliphatic rings. The molecule has 0 saturated carbocycles. The maximum Gasteiger partial charge on any atom is 0.284 e. The van der Waals surface area contributed by atoms with Gasteiger partial charge >= 0.3 is 0 Å². The fraction of sp³-hybridized carbons (Fsp3) is 0.176. The Kier molecular flexibility index (Phi) is 3.98. The summed E-state index contributed by atoms with van der Waals surface area (Å²) in [4.78, 5) is 12.1. The molecule has 112 valence electrons. The number of hydrogen-bond donors (Lipinski definition) is 0. The zero-order valence-corrected chi connectivity index (χ0v) is 13.9. The molecule has 0 unspecified atom stereocenters. The molecule has 0 bridgehead atoms. The lowest BCUT2D eigenvalue weighted by atomic mass is 10.1. The number of rotatable bonds is 3. The van der Waals surface area contributed by atoms with Crippen LogP contribution < -0.4 is 4.74 Å². The lowest BCUT2D eigenvalue weighted by Crippen LogP contribution is -2.21. The van der Waals surface area contributed by atoms with Gasteiger partial charge in [-0.1, -0.05) is 28.1 Å². The topological polar surface area (TPSA) is 44.1 Å². The summed E-state index contributed by atoms with van der Waals surface area (Å²) in [5.74, 6) is 0.492. The SMILES string of the molecule is Cc1cc(C)n(C(=O)COc2ccc3cc(Br)ccc3c2)n1. The van der Waals surface area contributed by atoms with E-state index in [1.54, 1.807) is 0 Å². The first-order chi connectivity index (χ1) is 10.5. The summed E-state index contributed by atoms with van der Waals surface area (Å²) >= 11 is 3.45. The fourth-order valence-corrected chi connectivity index (χ4v) is 2.75. The molecule has 5 heteroatoms. The van der Waals surface area contributed by atoms with E-state index in [2.05, 4.69) is 21.0 Å². The van der Waals surface area contributed by atoms with Crippen LogP contribution in [-0.4, -0.2) is 22.3 Å². The van der Waals surface area contributed by atoms with E-state index in [0.717, 1.165) is 26.6 Å². The second-order valence-electron chi connectivity index (χ2n) is 5.17. The summed E-state index contributed by atoms with van der Waals surface area (Å²) in [6.07, 6.45) is 0. The maximum absolute atomic E-state index is 12.1. The van der Waals surface area contributed by atoms with Crippen LogP contribution >= 0.6 is 15.9 Å². The summed E-state index contributed by atoms with van der Waals surface area (Å²) < 4.78 is 8.02. The van der Waals surface area contributed by atoms with Crippen molar-refractivity contribution in [1.82, 2.24) is 9.78 Å². The van der Waals surface area contributed by atoms with Crippen LogP contribution in [0.3, 0.4) is 0 Å². The van der Waals surface area contributed by atoms with Crippen LogP contribution in [0.4, 0.5) is 0 Å². The van der Waals surface area contributed by atoms with Crippen LogP contribution in [0.5, 0.6) is 5.75 Å². The number of hydrogen-bond acceptors (Lipinski definition) is 3. The number of benzene rings is 2. The van der Waals surface area contributed by atoms with Crippen LogP contribution in [-0.2, 0) is 0 Å². The molecule has 4 nitrogen and oxygen atoms in total. The number of fused-ring (bicyclic) bond motifs is 1. The standard InChI is InChI=1S/C17H15BrN2O2/c1-11-7-12(2)20(19-11)17(21)10-22-16-6-4-13-8-15(18)5-3-14(13)9-16/h3-9H,10H2,1-2H3. The highest BCUT2D eigenvalue weighted by Crippen LogP contribution is 2.24. The predicted molar refractivity (Wildman–Crippen MR) is 89.5 cm³/mol. The Labute approximate surface area is 136 Å². The molecule has 3 aromatic rings. The van der Waals surface area contributed by atoms with Crippen LogP contribution in [0, 0.1) is 13.8 Å². The zero-order chi connectivity index (χ0) is 15.7. The molecule has 1 aromatic heterocycles. The molecule has 3 rings (SSSR count). The lowest BCUT2D eigenvalue weighted by molar-refractivity contribution is 0.0818. The van der Waals surface area contributed by atoms with Crippen molar-refractivity contribution in [2.45, 2.75) is 13.8 Å². The van der Waals surface area contributed by atoms with Crippen LogP contribution in [0.1, 0.15) is 16.2 Å². The van der Waals surface area contributed by atoms with Crippen molar-refractivity contribution in [1.29, 1.82) is 0 Å². The monoisotopic (exact) mass is 358 g/mol. The van der Waals surface area contributed by atoms with Crippen molar-refractivity contribution in [3.63, 3.8) is 0 Å². The molecule has 0 atom stereocenters. The molecular weight excluding hydrogens is 344 g/mol. The Hall–Kier alpha value is -2.14. The van der Waals surface area contributed by atoms with E-state index in [9.17, 15) is 4.79 Å². The van der Waals surface area contributed by atoms with E-state index >= 15 is 0 Å². The summed E-state index contributed by atoms with van der Waals surface area (Å²) in [6.45, 7) is 3.68. The van der Waals surface area contributed by atoms with Gasteiger partial charge in [-0.2, -0.15) is 5.10 Å². The molecule has 2 aromatic carbocycles. The van der Waals surface area contributed by atoms with Crippen molar-refractivity contribution < 1.29 is 9.53 Å². The van der Waals surface area contributed by atoms with Crippen LogP contribution in [0.25, 0.3) is 10.8 Å². The first-order valence-electron chi connectivity index (χ1n) is 6.91. The zero-order valence-electron chi connectivity index (χ0n) is 12.3. The van der Waals surface area contributed by atoms with E-state index in [1.165, 1.54) is 4.68 Å². The summed E-state index contributed by atoms with van der Waals surface area (Å²) in [7, 11) is 0. The second kappa shape index (κ2) is 5.93. The summed E-state index contributed by atoms with van der Waals surface area (Å²) in [6, 6.07) is 13.7. The highest BCUT2D eigenvalue weighted by molar-refractivity contribution is 9.10. The second-order valence-corrected chi connectivity index (χ2v) is 6.09. The largest absolute Gasteiger partial charge is 0.484 e. The Morgan fingerprint density at radius 3 is 2.59 bits per heavy atom. The van der Waals surface area contributed by atoms with Crippen LogP contribution in [0.2, 0.25) is 0 Å². The number of aromatic nitrogens is 2. The number of aryl methyl sites for hydroxylation is 2. The average Bonchev–Trinajstić information content (AvgIpc) is 2.83. The predicted octanol–water partition coefficient (Wildman–Crippen LogP) is 4.13. The Bertz CT molecular complexity index is 855. The van der Waals surface area contributed by atoms with Gasteiger partial charge in [0.25, 0.3) is 5.91 Å². The molecule has 0 spiro atoms. The van der Waals surface area contributed by atoms with Crippen molar-refractivity contribution in [2.24, 2.45) is 0 Å². The van der Waals surface area contributed by atoms with Crippen LogP contribution in [0.15, 0.2) is 46.9 Å². The molecule has 0 amide bonds. The van der Waals surface area contributed by atoms with Crippen molar-refractivity contribution in [3.05, 3.63) is 58.3 Å². The van der Waals surface area contributed by atoms with Crippen molar-refractivity contribution in [2.75, 3.05) is 6.61 Å². The van der Waals surface area contributed by atoms with Gasteiger partial charge in [-0.3, -0.25) is 4.79 Å². The summed E-state index contributed by atoms with van der Waals surface area (Å²) in [5, 5.41) is 6.35. The molecule has 22 heavy (non-hydrogen) atoms. The van der Waals surface area contributed by atoms with Gasteiger partial charge in [0.15, 0.2) is 6.61 Å². The smallest absolute Gasteiger partial charge is 0.284 e. The minimum absolute atomic E-state index is 0.0377. The van der Waals surface area contributed by atoms with E-state index in [4.69, 9.17) is 4.74 Å². The number of halogens is 1. The van der Waals surface area contributed by atoms with Gasteiger partial charge in [0, 0.05) is 10.2 Å².